The van der Waals surface area contributed by atoms with Crippen molar-refractivity contribution in [2.45, 2.75) is 19.9 Å². The summed E-state index contributed by atoms with van der Waals surface area (Å²) >= 11 is 12.2. The Bertz CT molecular complexity index is 1190. The number of fused-ring (bicyclic) bond motifs is 2. The van der Waals surface area contributed by atoms with Gasteiger partial charge in [-0.2, -0.15) is 0 Å². The number of hydrogen-bond acceptors (Lipinski definition) is 4. The van der Waals surface area contributed by atoms with Crippen LogP contribution >= 0.6 is 23.2 Å². The molecule has 1 atom stereocenters. The van der Waals surface area contributed by atoms with Gasteiger partial charge in [0.25, 0.3) is 5.91 Å². The molecule has 0 fully saturated rings. The fourth-order valence-corrected chi connectivity index (χ4v) is 4.19. The summed E-state index contributed by atoms with van der Waals surface area (Å²) < 4.78 is 5.91. The Hall–Kier alpha value is -2.34. The van der Waals surface area contributed by atoms with E-state index in [0.29, 0.717) is 26.6 Å². The number of β-amino-alcohol motifs (C(OH)–C–C–N with tert-alkyl or cyclic N) is 1. The van der Waals surface area contributed by atoms with E-state index in [1.807, 2.05) is 19.9 Å². The molecule has 1 aliphatic heterocycles. The van der Waals surface area contributed by atoms with E-state index in [0.717, 1.165) is 11.1 Å². The Morgan fingerprint density at radius 2 is 1.86 bits per heavy atom. The Labute approximate surface area is 171 Å². The minimum absolute atomic E-state index is 0.00650. The number of rotatable bonds is 3. The van der Waals surface area contributed by atoms with E-state index in [1.165, 1.54) is 4.90 Å². The molecule has 5 nitrogen and oxygen atoms in total. The van der Waals surface area contributed by atoms with Gasteiger partial charge in [0.2, 0.25) is 5.76 Å². The summed E-state index contributed by atoms with van der Waals surface area (Å²) in [6.45, 7) is 3.55. The van der Waals surface area contributed by atoms with Crippen LogP contribution in [0.3, 0.4) is 0 Å². The van der Waals surface area contributed by atoms with Gasteiger partial charge in [0.15, 0.2) is 5.43 Å². The third-order valence-electron chi connectivity index (χ3n) is 5.01. The van der Waals surface area contributed by atoms with Crippen LogP contribution in [0.1, 0.15) is 38.9 Å². The monoisotopic (exact) mass is 417 g/mol. The Kier molecular flexibility index (Phi) is 4.70. The van der Waals surface area contributed by atoms with Crippen molar-refractivity contribution in [2.24, 2.45) is 0 Å². The summed E-state index contributed by atoms with van der Waals surface area (Å²) in [6.07, 6.45) is 0. The number of amides is 1. The maximum absolute atomic E-state index is 13.4. The summed E-state index contributed by atoms with van der Waals surface area (Å²) in [5, 5.41) is 10.6. The van der Waals surface area contributed by atoms with Gasteiger partial charge in [-0.1, -0.05) is 35.3 Å². The van der Waals surface area contributed by atoms with Crippen molar-refractivity contribution in [1.29, 1.82) is 0 Å². The number of aliphatic hydroxyl groups is 1. The number of hydrogen-bond donors (Lipinski definition) is 1. The van der Waals surface area contributed by atoms with E-state index >= 15 is 0 Å². The van der Waals surface area contributed by atoms with Crippen molar-refractivity contribution in [3.8, 4) is 0 Å². The van der Waals surface area contributed by atoms with Gasteiger partial charge in [-0.05, 0) is 48.7 Å². The third-order valence-corrected chi connectivity index (χ3v) is 5.75. The highest BCUT2D eigenvalue weighted by Gasteiger charge is 2.42. The molecular weight excluding hydrogens is 401 g/mol. The average molecular weight is 418 g/mol. The van der Waals surface area contributed by atoms with E-state index in [2.05, 4.69) is 0 Å². The van der Waals surface area contributed by atoms with Crippen molar-refractivity contribution in [1.82, 2.24) is 4.90 Å². The topological polar surface area (TPSA) is 70.8 Å². The van der Waals surface area contributed by atoms with Gasteiger partial charge in [-0.15, -0.1) is 0 Å². The number of carbonyl (C=O) groups excluding carboxylic acids is 1. The minimum Gasteiger partial charge on any atom is -0.450 e. The molecule has 0 bridgehead atoms. The molecule has 0 radical (unpaired) electrons. The lowest BCUT2D eigenvalue weighted by Gasteiger charge is -2.24. The van der Waals surface area contributed by atoms with Gasteiger partial charge in [0.1, 0.15) is 5.58 Å². The predicted molar refractivity (Wildman–Crippen MR) is 108 cm³/mol. The highest BCUT2D eigenvalue weighted by molar-refractivity contribution is 6.42. The summed E-state index contributed by atoms with van der Waals surface area (Å²) in [7, 11) is 0. The summed E-state index contributed by atoms with van der Waals surface area (Å²) in [5.74, 6) is -0.426. The fraction of sp³-hybridized carbons (Fsp3) is 0.238. The number of nitrogens with zero attached hydrogens (tertiary/aromatic N) is 1. The number of benzene rings is 2. The SMILES string of the molecule is Cc1cc(C)c2c(=O)c3c(oc2c1)C(=O)N(CCO)C3c1ccc(Cl)c(Cl)c1. The lowest BCUT2D eigenvalue weighted by atomic mass is 9.97. The molecule has 1 N–H and O–H groups in total. The van der Waals surface area contributed by atoms with E-state index in [4.69, 9.17) is 27.6 Å². The molecule has 1 aliphatic rings. The van der Waals surface area contributed by atoms with Crippen LogP contribution < -0.4 is 5.43 Å². The van der Waals surface area contributed by atoms with Crippen molar-refractivity contribution in [3.05, 3.63) is 78.6 Å². The maximum atomic E-state index is 13.4. The molecule has 1 aromatic heterocycles. The highest BCUT2D eigenvalue weighted by atomic mass is 35.5. The van der Waals surface area contributed by atoms with Gasteiger partial charge in [-0.3, -0.25) is 9.59 Å². The van der Waals surface area contributed by atoms with Crippen LogP contribution in [0, 0.1) is 13.8 Å². The third kappa shape index (κ3) is 2.82. The van der Waals surface area contributed by atoms with Crippen LogP contribution in [-0.2, 0) is 0 Å². The van der Waals surface area contributed by atoms with E-state index in [9.17, 15) is 14.7 Å². The summed E-state index contributed by atoms with van der Waals surface area (Å²) in [6, 6.07) is 7.92. The van der Waals surface area contributed by atoms with Crippen LogP contribution in [0.5, 0.6) is 0 Å². The van der Waals surface area contributed by atoms with Gasteiger partial charge in [0.05, 0.1) is 33.6 Å². The van der Waals surface area contributed by atoms with Crippen molar-refractivity contribution < 1.29 is 14.3 Å². The van der Waals surface area contributed by atoms with Crippen molar-refractivity contribution in [2.75, 3.05) is 13.2 Å². The maximum Gasteiger partial charge on any atom is 0.290 e. The van der Waals surface area contributed by atoms with E-state index in [-0.39, 0.29) is 29.9 Å². The first-order chi connectivity index (χ1) is 13.3. The lowest BCUT2D eigenvalue weighted by molar-refractivity contribution is 0.0691. The quantitative estimate of drug-likeness (QED) is 0.690. The van der Waals surface area contributed by atoms with Crippen LogP contribution in [0.15, 0.2) is 39.5 Å². The fourth-order valence-electron chi connectivity index (χ4n) is 3.88. The first-order valence-electron chi connectivity index (χ1n) is 8.78. The molecule has 1 unspecified atom stereocenters. The minimum atomic E-state index is -0.703. The van der Waals surface area contributed by atoms with Crippen LogP contribution in [0.25, 0.3) is 11.0 Å². The zero-order valence-corrected chi connectivity index (χ0v) is 16.8. The normalized spacial score (nSPS) is 16.1. The van der Waals surface area contributed by atoms with Gasteiger partial charge < -0.3 is 14.4 Å². The van der Waals surface area contributed by atoms with Crippen LogP contribution in [-0.4, -0.2) is 29.1 Å². The summed E-state index contributed by atoms with van der Waals surface area (Å²) in [5.41, 5.74) is 2.74. The molecular formula is C21H17Cl2NO4. The molecule has 0 saturated carbocycles. The number of halogens is 2. The second-order valence-electron chi connectivity index (χ2n) is 6.93. The second kappa shape index (κ2) is 6.92. The van der Waals surface area contributed by atoms with Crippen LogP contribution in [0.2, 0.25) is 10.0 Å². The number of aryl methyl sites for hydroxylation is 2. The smallest absolute Gasteiger partial charge is 0.290 e. The Morgan fingerprint density at radius 1 is 1.11 bits per heavy atom. The zero-order chi connectivity index (χ0) is 20.2. The zero-order valence-electron chi connectivity index (χ0n) is 15.3. The number of aliphatic hydroxyl groups excluding tert-OH is 1. The standard InChI is InChI=1S/C21H17Cl2NO4/c1-10-7-11(2)16-15(8-10)28-20-17(19(16)26)18(24(5-6-25)21(20)27)12-3-4-13(22)14(23)9-12/h3-4,7-9,18,25H,5-6H2,1-2H3. The largest absolute Gasteiger partial charge is 0.450 e. The van der Waals surface area contributed by atoms with E-state index < -0.39 is 11.9 Å². The highest BCUT2D eigenvalue weighted by Crippen LogP contribution is 2.39. The molecule has 2 aromatic carbocycles. The van der Waals surface area contributed by atoms with Crippen molar-refractivity contribution in [3.63, 3.8) is 0 Å². The molecule has 1 amide bonds. The molecule has 0 aliphatic carbocycles. The average Bonchev–Trinajstić information content (AvgIpc) is 2.90. The Balaban J connectivity index is 2.05. The lowest BCUT2D eigenvalue weighted by Crippen LogP contribution is -2.32. The number of carbonyl (C=O) groups is 1. The van der Waals surface area contributed by atoms with Gasteiger partial charge in [-0.25, -0.2) is 0 Å². The predicted octanol–water partition coefficient (Wildman–Crippen LogP) is 4.25. The molecule has 2 heterocycles. The van der Waals surface area contributed by atoms with Crippen LogP contribution in [0.4, 0.5) is 0 Å². The summed E-state index contributed by atoms with van der Waals surface area (Å²) in [4.78, 5) is 27.9. The molecule has 0 spiro atoms. The molecule has 4 rings (SSSR count). The molecule has 28 heavy (non-hydrogen) atoms. The van der Waals surface area contributed by atoms with E-state index in [1.54, 1.807) is 24.3 Å². The second-order valence-corrected chi connectivity index (χ2v) is 7.74. The Morgan fingerprint density at radius 3 is 2.54 bits per heavy atom. The van der Waals surface area contributed by atoms with Gasteiger partial charge >= 0.3 is 0 Å². The molecule has 144 valence electrons. The first kappa shape index (κ1) is 19.0. The van der Waals surface area contributed by atoms with Gasteiger partial charge in [0, 0.05) is 6.54 Å². The molecule has 0 saturated heterocycles. The molecule has 7 heteroatoms. The molecule has 3 aromatic rings. The van der Waals surface area contributed by atoms with Crippen molar-refractivity contribution >= 4 is 40.1 Å². The first-order valence-corrected chi connectivity index (χ1v) is 9.53.